The lowest BCUT2D eigenvalue weighted by Crippen LogP contribution is -2.29. The van der Waals surface area contributed by atoms with Crippen LogP contribution in [0.25, 0.3) is 22.6 Å². The van der Waals surface area contributed by atoms with E-state index in [1.54, 1.807) is 19.2 Å². The Morgan fingerprint density at radius 2 is 1.97 bits per heavy atom. The molecule has 0 amide bonds. The van der Waals surface area contributed by atoms with Crippen LogP contribution < -0.4 is 5.32 Å². The van der Waals surface area contributed by atoms with E-state index in [1.165, 1.54) is 37.9 Å². The number of H-pyrrole nitrogens is 2. The molecule has 0 atom stereocenters. The van der Waals surface area contributed by atoms with E-state index in [2.05, 4.69) is 53.6 Å². The van der Waals surface area contributed by atoms with Crippen molar-refractivity contribution in [2.45, 2.75) is 32.7 Å². The third kappa shape index (κ3) is 4.01. The van der Waals surface area contributed by atoms with Crippen LogP contribution in [0.3, 0.4) is 0 Å². The molecule has 3 N–H and O–H groups in total. The third-order valence-electron chi connectivity index (χ3n) is 5.35. The first-order valence-electron chi connectivity index (χ1n) is 10.2. The van der Waals surface area contributed by atoms with Crippen molar-refractivity contribution in [1.29, 1.82) is 0 Å². The van der Waals surface area contributed by atoms with Crippen molar-refractivity contribution in [3.63, 3.8) is 0 Å². The van der Waals surface area contributed by atoms with Gasteiger partial charge >= 0.3 is 0 Å². The van der Waals surface area contributed by atoms with Crippen LogP contribution in [-0.4, -0.2) is 48.1 Å². The van der Waals surface area contributed by atoms with E-state index >= 15 is 0 Å². The van der Waals surface area contributed by atoms with Crippen molar-refractivity contribution in [2.24, 2.45) is 0 Å². The number of aromatic amines is 2. The van der Waals surface area contributed by atoms with Crippen LogP contribution in [0.5, 0.6) is 0 Å². The molecule has 3 aromatic heterocycles. The lowest BCUT2D eigenvalue weighted by Gasteiger charge is -2.26. The molecule has 154 valence electrons. The molecule has 4 heterocycles. The third-order valence-corrected chi connectivity index (χ3v) is 5.54. The van der Waals surface area contributed by atoms with Crippen LogP contribution in [0.4, 0.5) is 11.5 Å². The first kappa shape index (κ1) is 19.0. The molecule has 9 heteroatoms. The van der Waals surface area contributed by atoms with Gasteiger partial charge in [-0.05, 0) is 50.6 Å². The van der Waals surface area contributed by atoms with Crippen LogP contribution in [-0.2, 0) is 6.54 Å². The van der Waals surface area contributed by atoms with Gasteiger partial charge < -0.3 is 10.3 Å². The van der Waals surface area contributed by atoms with E-state index in [4.69, 9.17) is 16.6 Å². The second-order valence-electron chi connectivity index (χ2n) is 7.68. The SMILES string of the molecule is Cc1nc(Cl)cc(Nc2cn[nH]c2-c2nc3ccc(CN4CCCCC4)cc3[nH]2)n1. The van der Waals surface area contributed by atoms with E-state index in [0.717, 1.165) is 34.8 Å². The summed E-state index contributed by atoms with van der Waals surface area (Å²) in [6, 6.07) is 8.11. The molecular weight excluding hydrogens is 400 g/mol. The zero-order valence-corrected chi connectivity index (χ0v) is 17.5. The Kier molecular flexibility index (Phi) is 5.10. The summed E-state index contributed by atoms with van der Waals surface area (Å²) >= 11 is 6.05. The topological polar surface area (TPSA) is 98.4 Å². The van der Waals surface area contributed by atoms with Gasteiger partial charge in [0.1, 0.15) is 22.5 Å². The van der Waals surface area contributed by atoms with Gasteiger partial charge in [-0.3, -0.25) is 10.00 Å². The minimum absolute atomic E-state index is 0.389. The van der Waals surface area contributed by atoms with Gasteiger partial charge in [-0.2, -0.15) is 5.10 Å². The fourth-order valence-electron chi connectivity index (χ4n) is 3.94. The van der Waals surface area contributed by atoms with Crippen molar-refractivity contribution < 1.29 is 0 Å². The number of rotatable bonds is 5. The number of anilines is 2. The lowest BCUT2D eigenvalue weighted by atomic mass is 10.1. The van der Waals surface area contributed by atoms with Gasteiger partial charge in [0, 0.05) is 12.6 Å². The van der Waals surface area contributed by atoms with E-state index in [-0.39, 0.29) is 0 Å². The van der Waals surface area contributed by atoms with Crippen LogP contribution >= 0.6 is 11.6 Å². The number of hydrogen-bond acceptors (Lipinski definition) is 6. The molecule has 0 unspecified atom stereocenters. The molecule has 8 nitrogen and oxygen atoms in total. The number of likely N-dealkylation sites (tertiary alicyclic amines) is 1. The van der Waals surface area contributed by atoms with E-state index in [9.17, 15) is 0 Å². The zero-order valence-electron chi connectivity index (χ0n) is 16.7. The number of benzene rings is 1. The summed E-state index contributed by atoms with van der Waals surface area (Å²) in [5.41, 5.74) is 4.76. The molecule has 0 bridgehead atoms. The largest absolute Gasteiger partial charge is 0.337 e. The van der Waals surface area contributed by atoms with Crippen molar-refractivity contribution in [3.8, 4) is 11.5 Å². The highest BCUT2D eigenvalue weighted by atomic mass is 35.5. The van der Waals surface area contributed by atoms with Gasteiger partial charge in [-0.25, -0.2) is 15.0 Å². The first-order chi connectivity index (χ1) is 14.6. The number of hydrogen-bond donors (Lipinski definition) is 3. The predicted octanol–water partition coefficient (Wildman–Crippen LogP) is 4.43. The average molecular weight is 423 g/mol. The van der Waals surface area contributed by atoms with Crippen molar-refractivity contribution in [1.82, 2.24) is 35.0 Å². The van der Waals surface area contributed by atoms with Gasteiger partial charge in [-0.1, -0.05) is 24.1 Å². The quantitative estimate of drug-likeness (QED) is 0.411. The summed E-state index contributed by atoms with van der Waals surface area (Å²) in [6.45, 7) is 5.15. The summed E-state index contributed by atoms with van der Waals surface area (Å²) in [5, 5.41) is 10.8. The zero-order chi connectivity index (χ0) is 20.5. The van der Waals surface area contributed by atoms with Gasteiger partial charge in [-0.15, -0.1) is 0 Å². The number of nitrogens with one attached hydrogen (secondary N) is 3. The van der Waals surface area contributed by atoms with Crippen molar-refractivity contribution in [3.05, 3.63) is 47.0 Å². The number of fused-ring (bicyclic) bond motifs is 1. The number of imidazole rings is 1. The number of aromatic nitrogens is 6. The summed E-state index contributed by atoms with van der Waals surface area (Å²) in [7, 11) is 0. The normalized spacial score (nSPS) is 15.0. The van der Waals surface area contributed by atoms with Gasteiger partial charge in [0.15, 0.2) is 5.82 Å². The molecule has 4 aromatic rings. The van der Waals surface area contributed by atoms with Crippen molar-refractivity contribution >= 4 is 34.1 Å². The Hall–Kier alpha value is -2.97. The molecule has 0 spiro atoms. The standard InChI is InChI=1S/C21H23ClN8/c1-13-24-18(22)10-19(25-13)26-17-11-23-29-20(17)21-27-15-6-5-14(9-16(15)28-21)12-30-7-3-2-4-8-30/h5-6,9-11H,2-4,7-8,12H2,1H3,(H,23,29)(H,27,28)(H,24,25,26). The van der Waals surface area contributed by atoms with Gasteiger partial charge in [0.25, 0.3) is 0 Å². The first-order valence-corrected chi connectivity index (χ1v) is 10.5. The molecule has 1 aliphatic rings. The molecule has 1 aromatic carbocycles. The fourth-order valence-corrected chi connectivity index (χ4v) is 4.17. The van der Waals surface area contributed by atoms with Gasteiger partial charge in [0.05, 0.1) is 22.9 Å². The molecule has 1 saturated heterocycles. The molecule has 30 heavy (non-hydrogen) atoms. The molecule has 1 aliphatic heterocycles. The Balaban J connectivity index is 1.40. The smallest absolute Gasteiger partial charge is 0.158 e. The Bertz CT molecular complexity index is 1150. The molecule has 1 fully saturated rings. The number of halogens is 1. The average Bonchev–Trinajstić information content (AvgIpc) is 3.34. The van der Waals surface area contributed by atoms with Gasteiger partial charge in [0.2, 0.25) is 0 Å². The Morgan fingerprint density at radius 1 is 1.10 bits per heavy atom. The number of piperidine rings is 1. The predicted molar refractivity (Wildman–Crippen MR) is 118 cm³/mol. The minimum atomic E-state index is 0.389. The Morgan fingerprint density at radius 3 is 2.80 bits per heavy atom. The fraction of sp³-hybridized carbons (Fsp3) is 0.333. The second-order valence-corrected chi connectivity index (χ2v) is 8.07. The van der Waals surface area contributed by atoms with Crippen molar-refractivity contribution in [2.75, 3.05) is 18.4 Å². The van der Waals surface area contributed by atoms with Crippen LogP contribution in [0, 0.1) is 6.92 Å². The van der Waals surface area contributed by atoms with E-state index in [1.807, 2.05) is 0 Å². The monoisotopic (exact) mass is 422 g/mol. The number of aryl methyl sites for hydroxylation is 1. The van der Waals surface area contributed by atoms with E-state index in [0.29, 0.717) is 16.8 Å². The summed E-state index contributed by atoms with van der Waals surface area (Å²) in [5.74, 6) is 1.92. The van der Waals surface area contributed by atoms with E-state index < -0.39 is 0 Å². The summed E-state index contributed by atoms with van der Waals surface area (Å²) < 4.78 is 0. The summed E-state index contributed by atoms with van der Waals surface area (Å²) in [6.07, 6.45) is 5.64. The second kappa shape index (κ2) is 8.04. The molecule has 0 radical (unpaired) electrons. The highest BCUT2D eigenvalue weighted by Gasteiger charge is 2.15. The van der Waals surface area contributed by atoms with Crippen LogP contribution in [0.2, 0.25) is 5.15 Å². The molecule has 0 saturated carbocycles. The molecular formula is C21H23ClN8. The lowest BCUT2D eigenvalue weighted by molar-refractivity contribution is 0.221. The Labute approximate surface area is 179 Å². The van der Waals surface area contributed by atoms with Crippen LogP contribution in [0.15, 0.2) is 30.5 Å². The maximum atomic E-state index is 6.05. The van der Waals surface area contributed by atoms with Crippen LogP contribution in [0.1, 0.15) is 30.7 Å². The highest BCUT2D eigenvalue weighted by Crippen LogP contribution is 2.28. The highest BCUT2D eigenvalue weighted by molar-refractivity contribution is 6.29. The number of nitrogens with zero attached hydrogens (tertiary/aromatic N) is 5. The minimum Gasteiger partial charge on any atom is -0.337 e. The summed E-state index contributed by atoms with van der Waals surface area (Å²) in [4.78, 5) is 19.1. The maximum absolute atomic E-state index is 6.05. The molecule has 0 aliphatic carbocycles. The molecule has 5 rings (SSSR count). The maximum Gasteiger partial charge on any atom is 0.158 e.